The topological polar surface area (TPSA) is 77.6 Å². The molecule has 1 aromatic heterocycles. The molecule has 2 aromatic rings. The van der Waals surface area contributed by atoms with Crippen molar-refractivity contribution in [3.05, 3.63) is 24.0 Å². The molecular weight excluding hydrogens is 286 g/mol. The summed E-state index contributed by atoms with van der Waals surface area (Å²) in [6, 6.07) is 4.60. The quantitative estimate of drug-likeness (QED) is 0.790. The SMILES string of the molecule is COc1cc(-c2nc(CCOCC(F)F)no2)ccc1O. The van der Waals surface area contributed by atoms with Crippen molar-refractivity contribution in [2.45, 2.75) is 12.8 Å². The standard InChI is InChI=1S/C13H14F2N2O4/c1-19-10-6-8(2-3-9(10)18)13-16-12(17-21-13)4-5-20-7-11(14)15/h2-3,6,11,18H,4-5,7H2,1H3. The van der Waals surface area contributed by atoms with Crippen LogP contribution in [-0.2, 0) is 11.2 Å². The number of methoxy groups -OCH3 is 1. The van der Waals surface area contributed by atoms with E-state index < -0.39 is 13.0 Å². The van der Waals surface area contributed by atoms with Crippen molar-refractivity contribution in [1.29, 1.82) is 0 Å². The largest absolute Gasteiger partial charge is 0.504 e. The molecule has 0 saturated heterocycles. The number of rotatable bonds is 7. The third kappa shape index (κ3) is 4.12. The minimum atomic E-state index is -2.49. The van der Waals surface area contributed by atoms with Crippen molar-refractivity contribution >= 4 is 0 Å². The maximum Gasteiger partial charge on any atom is 0.261 e. The normalized spacial score (nSPS) is 11.0. The Labute approximate surface area is 119 Å². The molecule has 6 nitrogen and oxygen atoms in total. The fraction of sp³-hybridized carbons (Fsp3) is 0.385. The van der Waals surface area contributed by atoms with E-state index in [9.17, 15) is 13.9 Å². The van der Waals surface area contributed by atoms with Gasteiger partial charge in [0.25, 0.3) is 12.3 Å². The zero-order chi connectivity index (χ0) is 15.2. The maximum atomic E-state index is 11.9. The third-order valence-corrected chi connectivity index (χ3v) is 2.61. The molecule has 0 spiro atoms. The lowest BCUT2D eigenvalue weighted by Crippen LogP contribution is -2.07. The number of halogens is 2. The van der Waals surface area contributed by atoms with Crippen LogP contribution in [0.1, 0.15) is 5.82 Å². The summed E-state index contributed by atoms with van der Waals surface area (Å²) >= 11 is 0. The van der Waals surface area contributed by atoms with Gasteiger partial charge in [-0.2, -0.15) is 4.98 Å². The molecule has 0 amide bonds. The molecular formula is C13H14F2N2O4. The lowest BCUT2D eigenvalue weighted by atomic mass is 10.2. The summed E-state index contributed by atoms with van der Waals surface area (Å²) in [5.74, 6) is 0.886. The first kappa shape index (κ1) is 15.2. The smallest absolute Gasteiger partial charge is 0.261 e. The lowest BCUT2D eigenvalue weighted by Gasteiger charge is -2.03. The van der Waals surface area contributed by atoms with Gasteiger partial charge in [0.2, 0.25) is 0 Å². The van der Waals surface area contributed by atoms with Crippen LogP contribution in [0, 0.1) is 0 Å². The molecule has 8 heteroatoms. The van der Waals surface area contributed by atoms with Gasteiger partial charge in [0, 0.05) is 12.0 Å². The number of hydrogen-bond donors (Lipinski definition) is 1. The minimum Gasteiger partial charge on any atom is -0.504 e. The van der Waals surface area contributed by atoms with Crippen LogP contribution < -0.4 is 4.74 Å². The van der Waals surface area contributed by atoms with E-state index in [-0.39, 0.29) is 30.4 Å². The first-order chi connectivity index (χ1) is 10.1. The number of nitrogens with zero attached hydrogens (tertiary/aromatic N) is 2. The van der Waals surface area contributed by atoms with E-state index in [2.05, 4.69) is 10.1 Å². The summed E-state index contributed by atoms with van der Waals surface area (Å²) < 4.78 is 38.6. The highest BCUT2D eigenvalue weighted by atomic mass is 19.3. The summed E-state index contributed by atoms with van der Waals surface area (Å²) in [5.41, 5.74) is 0.580. The summed E-state index contributed by atoms with van der Waals surface area (Å²) in [6.45, 7) is -0.526. The number of hydrogen-bond acceptors (Lipinski definition) is 6. The molecule has 0 unspecified atom stereocenters. The lowest BCUT2D eigenvalue weighted by molar-refractivity contribution is 0.0182. The van der Waals surface area contributed by atoms with Crippen molar-refractivity contribution in [3.63, 3.8) is 0 Å². The third-order valence-electron chi connectivity index (χ3n) is 2.61. The Balaban J connectivity index is 1.99. The molecule has 114 valence electrons. The predicted octanol–water partition coefficient (Wildman–Crippen LogP) is 2.28. The second-order valence-corrected chi connectivity index (χ2v) is 4.12. The number of benzene rings is 1. The summed E-state index contributed by atoms with van der Waals surface area (Å²) in [5, 5.41) is 13.2. The summed E-state index contributed by atoms with van der Waals surface area (Å²) in [7, 11) is 1.43. The number of aromatic hydroxyl groups is 1. The molecule has 0 atom stereocenters. The van der Waals surface area contributed by atoms with Crippen LogP contribution in [-0.4, -0.2) is 42.0 Å². The summed E-state index contributed by atoms with van der Waals surface area (Å²) in [4.78, 5) is 4.12. The van der Waals surface area contributed by atoms with Crippen molar-refractivity contribution in [2.24, 2.45) is 0 Å². The van der Waals surface area contributed by atoms with Crippen molar-refractivity contribution in [3.8, 4) is 23.0 Å². The van der Waals surface area contributed by atoms with Crippen molar-refractivity contribution in [2.75, 3.05) is 20.3 Å². The van der Waals surface area contributed by atoms with E-state index in [4.69, 9.17) is 14.0 Å². The van der Waals surface area contributed by atoms with E-state index in [1.807, 2.05) is 0 Å². The zero-order valence-electron chi connectivity index (χ0n) is 11.3. The second-order valence-electron chi connectivity index (χ2n) is 4.12. The predicted molar refractivity (Wildman–Crippen MR) is 68.5 cm³/mol. The van der Waals surface area contributed by atoms with Crippen LogP contribution in [0.3, 0.4) is 0 Å². The Morgan fingerprint density at radius 1 is 1.38 bits per heavy atom. The molecule has 0 fully saturated rings. The van der Waals surface area contributed by atoms with Crippen LogP contribution in [0.4, 0.5) is 8.78 Å². The highest BCUT2D eigenvalue weighted by Crippen LogP contribution is 2.30. The zero-order valence-corrected chi connectivity index (χ0v) is 11.3. The summed E-state index contributed by atoms with van der Waals surface area (Å²) in [6.07, 6.45) is -2.22. The molecule has 0 aliphatic carbocycles. The number of phenolic OH excluding ortho intramolecular Hbond substituents is 1. The van der Waals surface area contributed by atoms with Gasteiger partial charge in [0.15, 0.2) is 17.3 Å². The van der Waals surface area contributed by atoms with Crippen LogP contribution in [0.15, 0.2) is 22.7 Å². The van der Waals surface area contributed by atoms with Gasteiger partial charge in [-0.1, -0.05) is 5.16 Å². The Morgan fingerprint density at radius 2 is 2.19 bits per heavy atom. The molecule has 1 heterocycles. The molecule has 0 saturated carbocycles. The fourth-order valence-electron chi connectivity index (χ4n) is 1.62. The Bertz CT molecular complexity index is 589. The van der Waals surface area contributed by atoms with E-state index >= 15 is 0 Å². The molecule has 0 aliphatic heterocycles. The van der Waals surface area contributed by atoms with Crippen LogP contribution in [0.25, 0.3) is 11.5 Å². The van der Waals surface area contributed by atoms with Crippen LogP contribution in [0.5, 0.6) is 11.5 Å². The highest BCUT2D eigenvalue weighted by molar-refractivity contribution is 5.59. The maximum absolute atomic E-state index is 11.9. The van der Waals surface area contributed by atoms with Crippen molar-refractivity contribution < 1.29 is 27.9 Å². The molecule has 1 aromatic carbocycles. The average molecular weight is 300 g/mol. The number of phenols is 1. The molecule has 2 rings (SSSR count). The highest BCUT2D eigenvalue weighted by Gasteiger charge is 2.12. The Morgan fingerprint density at radius 3 is 2.90 bits per heavy atom. The van der Waals surface area contributed by atoms with Crippen LogP contribution >= 0.6 is 0 Å². The van der Waals surface area contributed by atoms with Gasteiger partial charge < -0.3 is 19.1 Å². The molecule has 0 aliphatic rings. The molecule has 0 radical (unpaired) electrons. The Kier molecular flexibility index (Phi) is 5.04. The van der Waals surface area contributed by atoms with Gasteiger partial charge in [-0.3, -0.25) is 0 Å². The van der Waals surface area contributed by atoms with E-state index in [1.54, 1.807) is 12.1 Å². The number of ether oxygens (including phenoxy) is 2. The van der Waals surface area contributed by atoms with Gasteiger partial charge in [0.1, 0.15) is 6.61 Å². The number of aromatic nitrogens is 2. The molecule has 21 heavy (non-hydrogen) atoms. The van der Waals surface area contributed by atoms with Crippen LogP contribution in [0.2, 0.25) is 0 Å². The van der Waals surface area contributed by atoms with E-state index in [0.29, 0.717) is 11.4 Å². The van der Waals surface area contributed by atoms with Crippen molar-refractivity contribution in [1.82, 2.24) is 10.1 Å². The van der Waals surface area contributed by atoms with Gasteiger partial charge in [0.05, 0.1) is 13.7 Å². The monoisotopic (exact) mass is 300 g/mol. The first-order valence-corrected chi connectivity index (χ1v) is 6.16. The van der Waals surface area contributed by atoms with Gasteiger partial charge in [-0.15, -0.1) is 0 Å². The van der Waals surface area contributed by atoms with E-state index in [1.165, 1.54) is 13.2 Å². The first-order valence-electron chi connectivity index (χ1n) is 6.16. The average Bonchev–Trinajstić information content (AvgIpc) is 2.93. The van der Waals surface area contributed by atoms with E-state index in [0.717, 1.165) is 0 Å². The molecule has 0 bridgehead atoms. The fourth-order valence-corrected chi connectivity index (χ4v) is 1.62. The minimum absolute atomic E-state index is 0.00129. The number of alkyl halides is 2. The Hall–Kier alpha value is -2.22. The molecule has 1 N–H and O–H groups in total. The second kappa shape index (κ2) is 6.98. The van der Waals surface area contributed by atoms with Gasteiger partial charge in [-0.05, 0) is 18.2 Å². The van der Waals surface area contributed by atoms with Gasteiger partial charge in [-0.25, -0.2) is 8.78 Å². The van der Waals surface area contributed by atoms with Gasteiger partial charge >= 0.3 is 0 Å².